The molecule has 0 bridgehead atoms. The zero-order valence-electron chi connectivity index (χ0n) is 10.2. The number of hydrogen-bond donors (Lipinski definition) is 1. The van der Waals surface area contributed by atoms with Crippen LogP contribution < -0.4 is 5.32 Å². The van der Waals surface area contributed by atoms with E-state index >= 15 is 0 Å². The van der Waals surface area contributed by atoms with E-state index in [0.717, 1.165) is 18.9 Å². The molecule has 2 rings (SSSR count). The van der Waals surface area contributed by atoms with E-state index in [9.17, 15) is 8.78 Å². The van der Waals surface area contributed by atoms with Crippen LogP contribution in [-0.4, -0.2) is 13.1 Å². The van der Waals surface area contributed by atoms with Gasteiger partial charge in [-0.25, -0.2) is 8.78 Å². The second kappa shape index (κ2) is 5.58. The zero-order chi connectivity index (χ0) is 12.3. The molecule has 0 aliphatic heterocycles. The molecule has 1 nitrogen and oxygen atoms in total. The summed E-state index contributed by atoms with van der Waals surface area (Å²) in [5, 5.41) is 3.31. The fourth-order valence-electron chi connectivity index (χ4n) is 2.80. The fourth-order valence-corrected chi connectivity index (χ4v) is 2.80. The van der Waals surface area contributed by atoms with Crippen LogP contribution in [0.2, 0.25) is 0 Å². The van der Waals surface area contributed by atoms with Gasteiger partial charge in [-0.1, -0.05) is 18.9 Å². The van der Waals surface area contributed by atoms with Crippen molar-refractivity contribution in [3.63, 3.8) is 0 Å². The van der Waals surface area contributed by atoms with Gasteiger partial charge in [-0.05, 0) is 43.9 Å². The third-order valence-electron chi connectivity index (χ3n) is 3.78. The normalized spacial score (nSPS) is 24.9. The minimum atomic E-state index is -0.500. The van der Waals surface area contributed by atoms with Crippen molar-refractivity contribution in [3.05, 3.63) is 35.4 Å². The van der Waals surface area contributed by atoms with E-state index in [1.54, 1.807) is 6.07 Å². The molecule has 1 aromatic carbocycles. The van der Waals surface area contributed by atoms with Gasteiger partial charge in [0.2, 0.25) is 0 Å². The summed E-state index contributed by atoms with van der Waals surface area (Å²) < 4.78 is 26.4. The Bertz CT molecular complexity index is 378. The molecule has 0 aromatic heterocycles. The first-order chi connectivity index (χ1) is 8.20. The van der Waals surface area contributed by atoms with Crippen molar-refractivity contribution in [1.29, 1.82) is 0 Å². The Hall–Kier alpha value is -0.960. The van der Waals surface area contributed by atoms with Crippen LogP contribution in [-0.2, 0) is 6.42 Å². The van der Waals surface area contributed by atoms with Gasteiger partial charge in [0.25, 0.3) is 0 Å². The first-order valence-electron chi connectivity index (χ1n) is 6.32. The minimum Gasteiger partial charge on any atom is -0.317 e. The summed E-state index contributed by atoms with van der Waals surface area (Å²) in [7, 11) is 1.96. The van der Waals surface area contributed by atoms with Gasteiger partial charge in [-0.15, -0.1) is 0 Å². The van der Waals surface area contributed by atoms with Crippen molar-refractivity contribution < 1.29 is 8.78 Å². The lowest BCUT2D eigenvalue weighted by molar-refractivity contribution is 0.270. The minimum absolute atomic E-state index is 0.412. The fraction of sp³-hybridized carbons (Fsp3) is 0.571. The third kappa shape index (κ3) is 3.03. The van der Waals surface area contributed by atoms with Crippen LogP contribution in [0.3, 0.4) is 0 Å². The molecule has 1 saturated carbocycles. The Morgan fingerprint density at radius 3 is 2.71 bits per heavy atom. The Balaban J connectivity index is 2.08. The Labute approximate surface area is 101 Å². The predicted octanol–water partition coefficient (Wildman–Crippen LogP) is 3.29. The van der Waals surface area contributed by atoms with Gasteiger partial charge in [0.1, 0.15) is 11.6 Å². The highest BCUT2D eigenvalue weighted by atomic mass is 19.1. The first kappa shape index (κ1) is 12.5. The molecular weight excluding hydrogens is 220 g/mol. The Kier molecular flexibility index (Phi) is 4.11. The van der Waals surface area contributed by atoms with E-state index in [-0.39, 0.29) is 0 Å². The molecule has 1 aliphatic rings. The average molecular weight is 239 g/mol. The van der Waals surface area contributed by atoms with Gasteiger partial charge in [0.15, 0.2) is 0 Å². The highest BCUT2D eigenvalue weighted by molar-refractivity contribution is 5.19. The molecule has 2 unspecified atom stereocenters. The van der Waals surface area contributed by atoms with Crippen LogP contribution in [0.25, 0.3) is 0 Å². The molecule has 0 saturated heterocycles. The molecule has 1 aliphatic carbocycles. The van der Waals surface area contributed by atoms with Crippen molar-refractivity contribution in [1.82, 2.24) is 5.32 Å². The van der Waals surface area contributed by atoms with Crippen LogP contribution in [0.1, 0.15) is 31.2 Å². The van der Waals surface area contributed by atoms with E-state index in [0.29, 0.717) is 23.9 Å². The van der Waals surface area contributed by atoms with Crippen LogP contribution in [0, 0.1) is 17.6 Å². The highest BCUT2D eigenvalue weighted by Gasteiger charge is 2.24. The molecule has 0 spiro atoms. The summed E-state index contributed by atoms with van der Waals surface area (Å²) in [6, 6.07) is 4.36. The Morgan fingerprint density at radius 1 is 1.24 bits per heavy atom. The maximum absolute atomic E-state index is 13.6. The smallest absolute Gasteiger partial charge is 0.129 e. The van der Waals surface area contributed by atoms with E-state index < -0.39 is 11.6 Å². The summed E-state index contributed by atoms with van der Waals surface area (Å²) in [6.07, 6.45) is 5.45. The quantitative estimate of drug-likeness (QED) is 0.853. The molecule has 1 aromatic rings. The lowest BCUT2D eigenvalue weighted by Gasteiger charge is -2.31. The summed E-state index contributed by atoms with van der Waals surface area (Å²) in [5.41, 5.74) is 0.638. The monoisotopic (exact) mass is 239 g/mol. The molecular formula is C14H19F2N. The van der Waals surface area contributed by atoms with Crippen molar-refractivity contribution in [2.75, 3.05) is 7.05 Å². The number of rotatable bonds is 3. The third-order valence-corrected chi connectivity index (χ3v) is 3.78. The first-order valence-corrected chi connectivity index (χ1v) is 6.32. The van der Waals surface area contributed by atoms with Crippen molar-refractivity contribution in [2.45, 2.75) is 38.1 Å². The maximum atomic E-state index is 13.6. The second-order valence-corrected chi connectivity index (χ2v) is 4.88. The molecule has 0 amide bonds. The lowest BCUT2D eigenvalue weighted by Crippen LogP contribution is -2.37. The highest BCUT2D eigenvalue weighted by Crippen LogP contribution is 2.28. The summed E-state index contributed by atoms with van der Waals surface area (Å²) >= 11 is 0. The summed E-state index contributed by atoms with van der Waals surface area (Å²) in [4.78, 5) is 0. The SMILES string of the molecule is CNC1CCCCC1Cc1ccc(F)cc1F. The van der Waals surface area contributed by atoms with E-state index in [1.165, 1.54) is 18.9 Å². The molecule has 94 valence electrons. The van der Waals surface area contributed by atoms with Gasteiger partial charge < -0.3 is 5.32 Å². The standard InChI is InChI=1S/C14H19F2N/c1-17-14-5-3-2-4-11(14)8-10-6-7-12(15)9-13(10)16/h6-7,9,11,14,17H,2-5,8H2,1H3. The molecule has 0 heterocycles. The van der Waals surface area contributed by atoms with Crippen LogP contribution in [0.5, 0.6) is 0 Å². The van der Waals surface area contributed by atoms with Crippen molar-refractivity contribution >= 4 is 0 Å². The van der Waals surface area contributed by atoms with E-state index in [1.807, 2.05) is 7.05 Å². The van der Waals surface area contributed by atoms with Gasteiger partial charge in [-0.2, -0.15) is 0 Å². The number of nitrogens with one attached hydrogen (secondary N) is 1. The van der Waals surface area contributed by atoms with Gasteiger partial charge in [0.05, 0.1) is 0 Å². The molecule has 3 heteroatoms. The number of halogens is 2. The van der Waals surface area contributed by atoms with E-state index in [4.69, 9.17) is 0 Å². The number of benzene rings is 1. The molecule has 1 N–H and O–H groups in total. The molecule has 0 radical (unpaired) electrons. The second-order valence-electron chi connectivity index (χ2n) is 4.88. The maximum Gasteiger partial charge on any atom is 0.129 e. The zero-order valence-corrected chi connectivity index (χ0v) is 10.2. The van der Waals surface area contributed by atoms with Gasteiger partial charge >= 0.3 is 0 Å². The van der Waals surface area contributed by atoms with Gasteiger partial charge in [-0.3, -0.25) is 0 Å². The van der Waals surface area contributed by atoms with Crippen molar-refractivity contribution in [2.24, 2.45) is 5.92 Å². The van der Waals surface area contributed by atoms with E-state index in [2.05, 4.69) is 5.32 Å². The Morgan fingerprint density at radius 2 is 2.00 bits per heavy atom. The lowest BCUT2D eigenvalue weighted by atomic mass is 9.81. The largest absolute Gasteiger partial charge is 0.317 e. The summed E-state index contributed by atoms with van der Waals surface area (Å²) in [5.74, 6) is -0.445. The average Bonchev–Trinajstić information content (AvgIpc) is 2.33. The predicted molar refractivity (Wildman–Crippen MR) is 64.9 cm³/mol. The van der Waals surface area contributed by atoms with Crippen LogP contribution in [0.4, 0.5) is 8.78 Å². The van der Waals surface area contributed by atoms with Crippen LogP contribution in [0.15, 0.2) is 18.2 Å². The van der Waals surface area contributed by atoms with Crippen LogP contribution >= 0.6 is 0 Å². The summed E-state index contributed by atoms with van der Waals surface area (Å²) in [6.45, 7) is 0. The topological polar surface area (TPSA) is 12.0 Å². The molecule has 17 heavy (non-hydrogen) atoms. The molecule has 2 atom stereocenters. The molecule has 1 fully saturated rings. The van der Waals surface area contributed by atoms with Crippen molar-refractivity contribution in [3.8, 4) is 0 Å². The number of hydrogen-bond acceptors (Lipinski definition) is 1. The van der Waals surface area contributed by atoms with Gasteiger partial charge in [0, 0.05) is 12.1 Å².